The zero-order valence-corrected chi connectivity index (χ0v) is 20.2. The predicted octanol–water partition coefficient (Wildman–Crippen LogP) is 5.94. The van der Waals surface area contributed by atoms with Gasteiger partial charge in [-0.05, 0) is 54.4 Å². The second-order valence-corrected chi connectivity index (χ2v) is 11.2. The maximum absolute atomic E-state index is 12.9. The van der Waals surface area contributed by atoms with Gasteiger partial charge in [-0.1, -0.05) is 36.7 Å². The number of carbonyl (C=O) groups excluding carboxylic acids is 2. The Morgan fingerprint density at radius 1 is 1.42 bits per heavy atom. The fourth-order valence-corrected chi connectivity index (χ4v) is 6.03. The molecule has 1 amide bonds. The van der Waals surface area contributed by atoms with Crippen LogP contribution in [0.1, 0.15) is 53.6 Å². The summed E-state index contributed by atoms with van der Waals surface area (Å²) in [6, 6.07) is 7.96. The number of aldehydes is 1. The molecule has 1 atom stereocenters. The number of hydrogen-bond donors (Lipinski definition) is 1. The van der Waals surface area contributed by atoms with E-state index in [4.69, 9.17) is 0 Å². The highest BCUT2D eigenvalue weighted by atomic mass is 79.9. The molecular formula is C24H24BrN3O2S. The second-order valence-electron chi connectivity index (χ2n) is 9.17. The molecule has 1 N–H and O–H groups in total. The zero-order chi connectivity index (χ0) is 22.3. The Labute approximate surface area is 194 Å². The van der Waals surface area contributed by atoms with Gasteiger partial charge >= 0.3 is 0 Å². The summed E-state index contributed by atoms with van der Waals surface area (Å²) in [5.41, 5.74) is 3.29. The van der Waals surface area contributed by atoms with Crippen LogP contribution in [0.15, 0.2) is 28.9 Å². The SMILES string of the molecule is CC(C)(C)[C@H]1CCc2c(sc(NC(=O)Cn3cc(C=O)c4cc(Br)ccc43)c2C#N)C1. The van der Waals surface area contributed by atoms with Gasteiger partial charge in [-0.3, -0.25) is 9.59 Å². The fraction of sp³-hybridized carbons (Fsp3) is 0.375. The highest BCUT2D eigenvalue weighted by Crippen LogP contribution is 2.44. The van der Waals surface area contributed by atoms with Gasteiger partial charge in [-0.15, -0.1) is 11.3 Å². The Balaban J connectivity index is 1.58. The van der Waals surface area contributed by atoms with E-state index in [9.17, 15) is 14.9 Å². The minimum absolute atomic E-state index is 0.0734. The molecule has 0 fully saturated rings. The molecule has 0 saturated heterocycles. The number of nitriles is 1. The first-order valence-electron chi connectivity index (χ1n) is 10.3. The van der Waals surface area contributed by atoms with E-state index in [0.717, 1.165) is 46.5 Å². The van der Waals surface area contributed by atoms with Crippen molar-refractivity contribution < 1.29 is 9.59 Å². The number of benzene rings is 1. The van der Waals surface area contributed by atoms with Crippen molar-refractivity contribution in [3.05, 3.63) is 50.4 Å². The number of nitrogens with one attached hydrogen (secondary N) is 1. The Kier molecular flexibility index (Phi) is 5.80. The van der Waals surface area contributed by atoms with Gasteiger partial charge in [0.05, 0.1) is 5.56 Å². The summed E-state index contributed by atoms with van der Waals surface area (Å²) in [5, 5.41) is 14.2. The van der Waals surface area contributed by atoms with Gasteiger partial charge < -0.3 is 9.88 Å². The molecule has 1 aromatic carbocycles. The smallest absolute Gasteiger partial charge is 0.244 e. The molecule has 7 heteroatoms. The molecule has 0 aliphatic heterocycles. The zero-order valence-electron chi connectivity index (χ0n) is 17.8. The number of rotatable bonds is 4. The van der Waals surface area contributed by atoms with Gasteiger partial charge in [0, 0.05) is 32.0 Å². The Morgan fingerprint density at radius 3 is 2.87 bits per heavy atom. The number of amides is 1. The molecule has 5 nitrogen and oxygen atoms in total. The molecule has 31 heavy (non-hydrogen) atoms. The average molecular weight is 498 g/mol. The van der Waals surface area contributed by atoms with Gasteiger partial charge in [0.2, 0.25) is 5.91 Å². The fourth-order valence-electron chi connectivity index (χ4n) is 4.37. The molecule has 0 unspecified atom stereocenters. The van der Waals surface area contributed by atoms with E-state index in [1.54, 1.807) is 10.8 Å². The van der Waals surface area contributed by atoms with Crippen molar-refractivity contribution in [3.63, 3.8) is 0 Å². The summed E-state index contributed by atoms with van der Waals surface area (Å²) < 4.78 is 2.65. The van der Waals surface area contributed by atoms with Crippen LogP contribution in [0.3, 0.4) is 0 Å². The van der Waals surface area contributed by atoms with E-state index < -0.39 is 0 Å². The summed E-state index contributed by atoms with van der Waals surface area (Å²) in [4.78, 5) is 25.5. The number of nitrogens with zero attached hydrogens (tertiary/aromatic N) is 2. The number of fused-ring (bicyclic) bond motifs is 2. The van der Waals surface area contributed by atoms with Crippen LogP contribution in [0.5, 0.6) is 0 Å². The first-order chi connectivity index (χ1) is 14.7. The molecule has 160 valence electrons. The molecule has 4 rings (SSSR count). The molecule has 1 aliphatic carbocycles. The largest absolute Gasteiger partial charge is 0.337 e. The standard InChI is InChI=1S/C24H24BrN3O2S/c1-24(2,3)15-4-6-17-19(10-26)23(31-21(17)8-15)27-22(30)12-28-11-14(13-29)18-9-16(25)5-7-20(18)28/h5,7,9,11,13,15H,4,6,8,12H2,1-3H3,(H,27,30)/t15-/m0/s1. The normalized spacial score (nSPS) is 16.0. The van der Waals surface area contributed by atoms with Gasteiger partial charge in [-0.2, -0.15) is 5.26 Å². The van der Waals surface area contributed by atoms with Crippen molar-refractivity contribution in [2.24, 2.45) is 11.3 Å². The quantitative estimate of drug-likeness (QED) is 0.453. The van der Waals surface area contributed by atoms with Gasteiger partial charge in [0.1, 0.15) is 17.6 Å². The van der Waals surface area contributed by atoms with Crippen LogP contribution in [-0.4, -0.2) is 16.8 Å². The minimum Gasteiger partial charge on any atom is -0.337 e. The van der Waals surface area contributed by atoms with E-state index in [1.165, 1.54) is 16.2 Å². The van der Waals surface area contributed by atoms with Gasteiger partial charge in [-0.25, -0.2) is 0 Å². The van der Waals surface area contributed by atoms with E-state index in [1.807, 2.05) is 18.2 Å². The highest BCUT2D eigenvalue weighted by Gasteiger charge is 2.32. The molecule has 2 heterocycles. The molecule has 3 aromatic rings. The van der Waals surface area contributed by atoms with E-state index >= 15 is 0 Å². The maximum atomic E-state index is 12.9. The van der Waals surface area contributed by atoms with Gasteiger partial charge in [0.25, 0.3) is 0 Å². The molecule has 0 radical (unpaired) electrons. The van der Waals surface area contributed by atoms with E-state index in [2.05, 4.69) is 48.1 Å². The third-order valence-electron chi connectivity index (χ3n) is 6.17. The number of anilines is 1. The van der Waals surface area contributed by atoms with Crippen LogP contribution in [0.25, 0.3) is 10.9 Å². The highest BCUT2D eigenvalue weighted by molar-refractivity contribution is 9.10. The Bertz CT molecular complexity index is 1230. The second kappa shape index (κ2) is 8.25. The van der Waals surface area contributed by atoms with Crippen molar-refractivity contribution in [3.8, 4) is 6.07 Å². The first kappa shape index (κ1) is 21.8. The lowest BCUT2D eigenvalue weighted by Gasteiger charge is -2.33. The summed E-state index contributed by atoms with van der Waals surface area (Å²) in [6.45, 7) is 6.86. The first-order valence-corrected chi connectivity index (χ1v) is 11.9. The number of carbonyl (C=O) groups is 2. The van der Waals surface area contributed by atoms with Crippen LogP contribution in [0.4, 0.5) is 5.00 Å². The minimum atomic E-state index is -0.209. The van der Waals surface area contributed by atoms with Crippen molar-refractivity contribution in [2.45, 2.75) is 46.6 Å². The van der Waals surface area contributed by atoms with Crippen molar-refractivity contribution in [1.29, 1.82) is 5.26 Å². The van der Waals surface area contributed by atoms with Gasteiger partial charge in [0.15, 0.2) is 6.29 Å². The number of halogens is 1. The average Bonchev–Trinajstić information content (AvgIpc) is 3.23. The van der Waals surface area contributed by atoms with Crippen LogP contribution >= 0.6 is 27.3 Å². The van der Waals surface area contributed by atoms with Crippen molar-refractivity contribution >= 4 is 55.4 Å². The lowest BCUT2D eigenvalue weighted by Crippen LogP contribution is -2.26. The van der Waals surface area contributed by atoms with Crippen molar-refractivity contribution in [1.82, 2.24) is 4.57 Å². The lowest BCUT2D eigenvalue weighted by molar-refractivity contribution is -0.116. The number of hydrogen-bond acceptors (Lipinski definition) is 4. The molecule has 1 aliphatic rings. The molecular weight excluding hydrogens is 474 g/mol. The third-order valence-corrected chi connectivity index (χ3v) is 7.83. The van der Waals surface area contributed by atoms with Crippen LogP contribution in [0.2, 0.25) is 0 Å². The lowest BCUT2D eigenvalue weighted by atomic mass is 9.72. The van der Waals surface area contributed by atoms with E-state index in [-0.39, 0.29) is 17.9 Å². The number of thiophene rings is 1. The summed E-state index contributed by atoms with van der Waals surface area (Å²) >= 11 is 4.96. The third kappa shape index (κ3) is 4.19. The molecule has 0 bridgehead atoms. The summed E-state index contributed by atoms with van der Waals surface area (Å²) in [5.74, 6) is 0.362. The maximum Gasteiger partial charge on any atom is 0.244 e. The van der Waals surface area contributed by atoms with Crippen LogP contribution in [-0.2, 0) is 24.2 Å². The summed E-state index contributed by atoms with van der Waals surface area (Å²) in [6.07, 6.45) is 5.40. The molecule has 0 saturated carbocycles. The molecule has 0 spiro atoms. The topological polar surface area (TPSA) is 74.9 Å². The van der Waals surface area contributed by atoms with Crippen LogP contribution in [0, 0.1) is 22.7 Å². The monoisotopic (exact) mass is 497 g/mol. The predicted molar refractivity (Wildman–Crippen MR) is 128 cm³/mol. The van der Waals surface area contributed by atoms with Crippen molar-refractivity contribution in [2.75, 3.05) is 5.32 Å². The summed E-state index contributed by atoms with van der Waals surface area (Å²) in [7, 11) is 0. The van der Waals surface area contributed by atoms with E-state index in [0.29, 0.717) is 22.0 Å². The van der Waals surface area contributed by atoms with Crippen LogP contribution < -0.4 is 5.32 Å². The number of aromatic nitrogens is 1. The Morgan fingerprint density at radius 2 is 2.19 bits per heavy atom. The molecule has 2 aromatic heterocycles. The Hall–Kier alpha value is -2.43.